The summed E-state index contributed by atoms with van der Waals surface area (Å²) in [6.07, 6.45) is -1.08. The Hall–Kier alpha value is -2.71. The Kier molecular flexibility index (Phi) is 6.35. The van der Waals surface area contributed by atoms with E-state index in [9.17, 15) is 19.5 Å². The number of primary amides is 1. The van der Waals surface area contributed by atoms with Crippen LogP contribution in [-0.4, -0.2) is 36.9 Å². The Morgan fingerprint density at radius 2 is 1.93 bits per heavy atom. The van der Waals surface area contributed by atoms with Crippen LogP contribution in [0, 0.1) is 0 Å². The molecule has 4 N–H and O–H groups in total. The minimum atomic E-state index is -1.35. The molecule has 0 saturated heterocycles. The number of carbonyl (C=O) groups is 3. The highest BCUT2D eigenvalue weighted by Crippen LogP contribution is 2.43. The van der Waals surface area contributed by atoms with Crippen LogP contribution in [0.1, 0.15) is 18.4 Å². The molecule has 0 saturated carbocycles. The van der Waals surface area contributed by atoms with Gasteiger partial charge in [0.2, 0.25) is 0 Å². The van der Waals surface area contributed by atoms with E-state index in [1.807, 2.05) is 0 Å². The average Bonchev–Trinajstić information content (AvgIpc) is 2.60. The number of amides is 1. The minimum Gasteiger partial charge on any atom is -0.478 e. The van der Waals surface area contributed by atoms with Crippen LogP contribution in [0.5, 0.6) is 0 Å². The number of benzene rings is 1. The Labute approximate surface area is 164 Å². The fourth-order valence-corrected chi connectivity index (χ4v) is 3.26. The Bertz CT molecular complexity index is 878. The fraction of sp³-hybridized carbons (Fsp3) is 0.235. The molecule has 0 aliphatic carbocycles. The minimum absolute atomic E-state index is 0.0434. The first-order valence-electron chi connectivity index (χ1n) is 7.57. The molecule has 144 valence electrons. The van der Waals surface area contributed by atoms with Crippen LogP contribution in [0.15, 0.2) is 40.7 Å². The molecule has 0 spiro atoms. The molecule has 0 bridgehead atoms. The first kappa shape index (κ1) is 20.6. The second-order valence-corrected chi connectivity index (χ2v) is 6.32. The maximum atomic E-state index is 12.4. The van der Waals surface area contributed by atoms with Crippen molar-refractivity contribution in [3.05, 3.63) is 56.3 Å². The number of hydrogen-bond acceptors (Lipinski definition) is 6. The van der Waals surface area contributed by atoms with Crippen molar-refractivity contribution in [2.75, 3.05) is 13.7 Å². The second kappa shape index (κ2) is 8.32. The lowest BCUT2D eigenvalue weighted by Crippen LogP contribution is -2.34. The summed E-state index contributed by atoms with van der Waals surface area (Å²) >= 11 is 12.4. The first-order chi connectivity index (χ1) is 12.7. The van der Waals surface area contributed by atoms with E-state index in [1.54, 1.807) is 19.1 Å². The van der Waals surface area contributed by atoms with E-state index in [-0.39, 0.29) is 26.9 Å². The highest BCUT2D eigenvalue weighted by molar-refractivity contribution is 6.42. The SMILES string of the molecule is COC(=O)C1=C(C)NC(COC(N)=O)=C(C(=O)O)C1c1cccc(Cl)c1Cl. The zero-order valence-electron chi connectivity index (χ0n) is 14.3. The Morgan fingerprint density at radius 1 is 1.26 bits per heavy atom. The predicted octanol–water partition coefficient (Wildman–Crippen LogP) is 2.56. The number of carboxylic acids is 1. The second-order valence-electron chi connectivity index (χ2n) is 5.54. The van der Waals surface area contributed by atoms with Crippen LogP contribution in [0.2, 0.25) is 10.0 Å². The molecular formula is C17H16Cl2N2O6. The highest BCUT2D eigenvalue weighted by atomic mass is 35.5. The van der Waals surface area contributed by atoms with Crippen LogP contribution < -0.4 is 11.1 Å². The van der Waals surface area contributed by atoms with E-state index >= 15 is 0 Å². The van der Waals surface area contributed by atoms with Crippen molar-refractivity contribution in [3.63, 3.8) is 0 Å². The van der Waals surface area contributed by atoms with Gasteiger partial charge in [0, 0.05) is 5.70 Å². The molecule has 1 heterocycles. The first-order valence-corrected chi connectivity index (χ1v) is 8.33. The predicted molar refractivity (Wildman–Crippen MR) is 97.3 cm³/mol. The van der Waals surface area contributed by atoms with Crippen molar-refractivity contribution in [1.29, 1.82) is 0 Å². The normalized spacial score (nSPS) is 16.7. The molecule has 27 heavy (non-hydrogen) atoms. The number of dihydropyridines is 1. The smallest absolute Gasteiger partial charge is 0.404 e. The lowest BCUT2D eigenvalue weighted by atomic mass is 9.80. The molecule has 2 rings (SSSR count). The van der Waals surface area contributed by atoms with Gasteiger partial charge in [-0.05, 0) is 18.6 Å². The van der Waals surface area contributed by atoms with Crippen LogP contribution in [0.25, 0.3) is 0 Å². The van der Waals surface area contributed by atoms with Crippen molar-refractivity contribution >= 4 is 41.2 Å². The number of esters is 1. The molecule has 1 aromatic carbocycles. The van der Waals surface area contributed by atoms with Gasteiger partial charge in [-0.3, -0.25) is 0 Å². The van der Waals surface area contributed by atoms with Crippen molar-refractivity contribution < 1.29 is 29.0 Å². The number of allylic oxidation sites excluding steroid dienone is 1. The molecule has 10 heteroatoms. The number of carbonyl (C=O) groups excluding carboxylic acids is 2. The van der Waals surface area contributed by atoms with Crippen LogP contribution in [-0.2, 0) is 19.1 Å². The van der Waals surface area contributed by atoms with Crippen LogP contribution >= 0.6 is 23.2 Å². The number of halogens is 2. The van der Waals surface area contributed by atoms with E-state index in [0.717, 1.165) is 0 Å². The number of ether oxygens (including phenoxy) is 2. The monoisotopic (exact) mass is 414 g/mol. The molecule has 1 aromatic rings. The molecule has 0 fully saturated rings. The van der Waals surface area contributed by atoms with Gasteiger partial charge in [-0.2, -0.15) is 0 Å². The summed E-state index contributed by atoms with van der Waals surface area (Å²) in [5.74, 6) is -3.19. The van der Waals surface area contributed by atoms with Crippen molar-refractivity contribution in [2.45, 2.75) is 12.8 Å². The van der Waals surface area contributed by atoms with Gasteiger partial charge in [-0.1, -0.05) is 35.3 Å². The third kappa shape index (κ3) is 4.17. The van der Waals surface area contributed by atoms with E-state index in [0.29, 0.717) is 11.3 Å². The van der Waals surface area contributed by atoms with Gasteiger partial charge in [0.05, 0.1) is 39.9 Å². The summed E-state index contributed by atoms with van der Waals surface area (Å²) in [7, 11) is 1.18. The molecular weight excluding hydrogens is 399 g/mol. The third-order valence-electron chi connectivity index (χ3n) is 3.93. The number of nitrogens with two attached hydrogens (primary N) is 1. The van der Waals surface area contributed by atoms with Crippen molar-refractivity contribution in [2.24, 2.45) is 5.73 Å². The van der Waals surface area contributed by atoms with Gasteiger partial charge in [-0.15, -0.1) is 0 Å². The van der Waals surface area contributed by atoms with Gasteiger partial charge >= 0.3 is 18.0 Å². The summed E-state index contributed by atoms with van der Waals surface area (Å²) in [5.41, 5.74) is 5.42. The largest absolute Gasteiger partial charge is 0.478 e. The summed E-state index contributed by atoms with van der Waals surface area (Å²) in [4.78, 5) is 35.4. The van der Waals surface area contributed by atoms with Gasteiger partial charge in [0.1, 0.15) is 6.61 Å². The van der Waals surface area contributed by atoms with Crippen LogP contribution in [0.4, 0.5) is 4.79 Å². The zero-order valence-corrected chi connectivity index (χ0v) is 15.9. The average molecular weight is 415 g/mol. The molecule has 1 aliphatic heterocycles. The van der Waals surface area contributed by atoms with Gasteiger partial charge < -0.3 is 25.6 Å². The van der Waals surface area contributed by atoms with Crippen molar-refractivity contribution in [3.8, 4) is 0 Å². The highest BCUT2D eigenvalue weighted by Gasteiger charge is 2.39. The number of carboxylic acid groups (broad SMARTS) is 1. The number of aliphatic carboxylic acids is 1. The number of methoxy groups -OCH3 is 1. The fourth-order valence-electron chi connectivity index (χ4n) is 2.84. The van der Waals surface area contributed by atoms with E-state index in [4.69, 9.17) is 38.4 Å². The van der Waals surface area contributed by atoms with Crippen LogP contribution in [0.3, 0.4) is 0 Å². The summed E-state index contributed by atoms with van der Waals surface area (Å²) in [6.45, 7) is 1.12. The van der Waals surface area contributed by atoms with E-state index < -0.39 is 30.6 Å². The molecule has 1 atom stereocenters. The molecule has 0 aromatic heterocycles. The third-order valence-corrected chi connectivity index (χ3v) is 4.77. The number of hydrogen-bond donors (Lipinski definition) is 3. The number of nitrogens with one attached hydrogen (secondary N) is 1. The van der Waals surface area contributed by atoms with Gasteiger partial charge in [0.15, 0.2) is 0 Å². The van der Waals surface area contributed by atoms with E-state index in [1.165, 1.54) is 13.2 Å². The number of rotatable bonds is 5. The van der Waals surface area contributed by atoms with Crippen molar-refractivity contribution in [1.82, 2.24) is 5.32 Å². The zero-order chi connectivity index (χ0) is 20.3. The topological polar surface area (TPSA) is 128 Å². The van der Waals surface area contributed by atoms with E-state index in [2.05, 4.69) is 5.32 Å². The lowest BCUT2D eigenvalue weighted by Gasteiger charge is -2.30. The Balaban J connectivity index is 2.75. The molecule has 8 nitrogen and oxygen atoms in total. The summed E-state index contributed by atoms with van der Waals surface area (Å²) in [5, 5.41) is 12.9. The molecule has 1 amide bonds. The van der Waals surface area contributed by atoms with Gasteiger partial charge in [-0.25, -0.2) is 14.4 Å². The quantitative estimate of drug-likeness (QED) is 0.631. The summed E-state index contributed by atoms with van der Waals surface area (Å²) < 4.78 is 9.54. The maximum absolute atomic E-state index is 12.4. The molecule has 1 unspecified atom stereocenters. The van der Waals surface area contributed by atoms with Gasteiger partial charge in [0.25, 0.3) is 0 Å². The lowest BCUT2D eigenvalue weighted by molar-refractivity contribution is -0.136. The molecule has 0 radical (unpaired) electrons. The summed E-state index contributed by atoms with van der Waals surface area (Å²) in [6, 6.07) is 4.66. The molecule has 1 aliphatic rings. The Morgan fingerprint density at radius 3 is 2.48 bits per heavy atom. The standard InChI is InChI=1S/C17H16Cl2N2O6/c1-7-11(16(24)26-2)12(8-4-3-5-9(18)14(8)19)13(15(22)23)10(21-7)6-27-17(20)25/h3-5,12,21H,6H2,1-2H3,(H2,20,25)(H,22,23). The maximum Gasteiger partial charge on any atom is 0.404 e.